The highest BCUT2D eigenvalue weighted by Gasteiger charge is 2.11. The monoisotopic (exact) mass is 388 g/mol. The van der Waals surface area contributed by atoms with Crippen LogP contribution in [0.25, 0.3) is 0 Å². The van der Waals surface area contributed by atoms with Crippen LogP contribution in [0, 0.1) is 0 Å². The predicted octanol–water partition coefficient (Wildman–Crippen LogP) is 4.31. The molecule has 0 aliphatic heterocycles. The summed E-state index contributed by atoms with van der Waals surface area (Å²) in [7, 11) is 1.54. The molecule has 0 radical (unpaired) electrons. The van der Waals surface area contributed by atoms with Gasteiger partial charge in [-0.05, 0) is 35.9 Å². The molecule has 3 rings (SSSR count). The van der Waals surface area contributed by atoms with Crippen molar-refractivity contribution in [2.45, 2.75) is 13.2 Å². The highest BCUT2D eigenvalue weighted by atomic mass is 35.5. The fourth-order valence-corrected chi connectivity index (χ4v) is 2.94. The topological polar surface area (TPSA) is 60.5 Å². The van der Waals surface area contributed by atoms with Crippen molar-refractivity contribution in [1.82, 2.24) is 10.3 Å². The summed E-state index contributed by atoms with van der Waals surface area (Å²) in [5.41, 5.74) is 4.07. The fraction of sp³-hybridized carbons (Fsp3) is 0.158. The van der Waals surface area contributed by atoms with Crippen molar-refractivity contribution < 1.29 is 14.3 Å². The number of aromatic nitrogens is 1. The van der Waals surface area contributed by atoms with Crippen molar-refractivity contribution in [2.24, 2.45) is 0 Å². The number of hydrogen-bond donors (Lipinski definition) is 1. The van der Waals surface area contributed by atoms with Gasteiger partial charge in [0.15, 0.2) is 11.5 Å². The van der Waals surface area contributed by atoms with Crippen LogP contribution in [0.2, 0.25) is 5.02 Å². The average molecular weight is 389 g/mol. The van der Waals surface area contributed by atoms with E-state index < -0.39 is 0 Å². The molecule has 1 heterocycles. The van der Waals surface area contributed by atoms with Crippen molar-refractivity contribution in [3.63, 3.8) is 0 Å². The largest absolute Gasteiger partial charge is 0.493 e. The first kappa shape index (κ1) is 18.2. The van der Waals surface area contributed by atoms with E-state index in [1.165, 1.54) is 11.3 Å². The summed E-state index contributed by atoms with van der Waals surface area (Å²) in [5.74, 6) is 0.874. The van der Waals surface area contributed by atoms with Gasteiger partial charge >= 0.3 is 0 Å². The van der Waals surface area contributed by atoms with E-state index in [0.717, 1.165) is 11.3 Å². The van der Waals surface area contributed by atoms with E-state index in [0.29, 0.717) is 35.2 Å². The van der Waals surface area contributed by atoms with Crippen LogP contribution in [0.15, 0.2) is 53.4 Å². The highest BCUT2D eigenvalue weighted by Crippen LogP contribution is 2.29. The van der Waals surface area contributed by atoms with Crippen LogP contribution in [0.5, 0.6) is 11.5 Å². The molecule has 1 amide bonds. The Morgan fingerprint density at radius 1 is 1.19 bits per heavy atom. The number of amides is 1. The van der Waals surface area contributed by atoms with Crippen molar-refractivity contribution in [3.05, 3.63) is 75.2 Å². The van der Waals surface area contributed by atoms with Crippen LogP contribution in [0.4, 0.5) is 0 Å². The lowest BCUT2D eigenvalue weighted by Gasteiger charge is -2.12. The van der Waals surface area contributed by atoms with Gasteiger partial charge in [-0.25, -0.2) is 4.98 Å². The van der Waals surface area contributed by atoms with Gasteiger partial charge < -0.3 is 14.8 Å². The molecule has 7 heteroatoms. The molecule has 0 fully saturated rings. The molecular weight excluding hydrogens is 372 g/mol. The lowest BCUT2D eigenvalue weighted by atomic mass is 10.1. The van der Waals surface area contributed by atoms with Crippen molar-refractivity contribution in [2.75, 3.05) is 7.11 Å². The van der Waals surface area contributed by atoms with E-state index >= 15 is 0 Å². The van der Waals surface area contributed by atoms with Crippen molar-refractivity contribution in [3.8, 4) is 11.5 Å². The molecule has 1 aromatic heterocycles. The quantitative estimate of drug-likeness (QED) is 0.655. The summed E-state index contributed by atoms with van der Waals surface area (Å²) < 4.78 is 11.1. The van der Waals surface area contributed by atoms with Gasteiger partial charge in [0.05, 0.1) is 18.3 Å². The summed E-state index contributed by atoms with van der Waals surface area (Å²) in [4.78, 5) is 16.5. The molecule has 0 bridgehead atoms. The number of carbonyl (C=O) groups is 1. The summed E-state index contributed by atoms with van der Waals surface area (Å²) in [6.45, 7) is 0.766. The van der Waals surface area contributed by atoms with Crippen LogP contribution < -0.4 is 14.8 Å². The fourth-order valence-electron chi connectivity index (χ4n) is 2.28. The Hall–Kier alpha value is -2.57. The number of thiazole rings is 1. The molecule has 0 atom stereocenters. The Labute approximate surface area is 160 Å². The summed E-state index contributed by atoms with van der Waals surface area (Å²) >= 11 is 7.37. The number of nitrogens with zero attached hydrogens (tertiary/aromatic N) is 1. The third-order valence-electron chi connectivity index (χ3n) is 3.65. The van der Waals surface area contributed by atoms with E-state index in [-0.39, 0.29) is 5.91 Å². The Kier molecular flexibility index (Phi) is 6.09. The first-order valence-electron chi connectivity index (χ1n) is 7.86. The first-order chi connectivity index (χ1) is 12.7. The number of ether oxygens (including phenoxy) is 2. The summed E-state index contributed by atoms with van der Waals surface area (Å²) in [5, 5.41) is 5.46. The number of halogens is 1. The third-order valence-corrected chi connectivity index (χ3v) is 4.54. The molecular formula is C19H17ClN2O3S. The van der Waals surface area contributed by atoms with Crippen LogP contribution in [0.3, 0.4) is 0 Å². The number of nitrogens with one attached hydrogen (secondary N) is 1. The molecule has 26 heavy (non-hydrogen) atoms. The molecule has 0 spiro atoms. The van der Waals surface area contributed by atoms with Crippen LogP contribution >= 0.6 is 22.9 Å². The predicted molar refractivity (Wildman–Crippen MR) is 102 cm³/mol. The molecule has 0 aliphatic rings. The van der Waals surface area contributed by atoms with Gasteiger partial charge in [0.25, 0.3) is 5.91 Å². The molecule has 3 aromatic rings. The second kappa shape index (κ2) is 8.69. The van der Waals surface area contributed by atoms with Crippen molar-refractivity contribution >= 4 is 28.8 Å². The highest BCUT2D eigenvalue weighted by molar-refractivity contribution is 7.07. The van der Waals surface area contributed by atoms with Gasteiger partial charge in [-0.1, -0.05) is 23.7 Å². The molecule has 0 aliphatic carbocycles. The zero-order valence-corrected chi connectivity index (χ0v) is 15.6. The first-order valence-corrected chi connectivity index (χ1v) is 9.18. The number of rotatable bonds is 7. The standard InChI is InChI=1S/C19H17ClN2O3S/c1-24-18-8-14(4-7-17(18)25-10-16-11-26-12-22-16)19(23)21-9-13-2-5-15(20)6-3-13/h2-8,11-12H,9-10H2,1H3,(H,21,23). The molecule has 1 N–H and O–H groups in total. The molecule has 134 valence electrons. The minimum atomic E-state index is -0.190. The SMILES string of the molecule is COc1cc(C(=O)NCc2ccc(Cl)cc2)ccc1OCc1cscn1. The zero-order valence-electron chi connectivity index (χ0n) is 14.1. The average Bonchev–Trinajstić information content (AvgIpc) is 3.19. The Bertz CT molecular complexity index is 867. The van der Waals surface area contributed by atoms with Gasteiger partial charge in [0, 0.05) is 22.5 Å². The smallest absolute Gasteiger partial charge is 0.251 e. The molecule has 0 saturated heterocycles. The summed E-state index contributed by atoms with van der Waals surface area (Å²) in [6, 6.07) is 12.4. The number of benzene rings is 2. The van der Waals surface area contributed by atoms with Crippen LogP contribution in [-0.2, 0) is 13.2 Å². The van der Waals surface area contributed by atoms with Gasteiger partial charge in [-0.2, -0.15) is 0 Å². The van der Waals surface area contributed by atoms with E-state index in [2.05, 4.69) is 10.3 Å². The van der Waals surface area contributed by atoms with Gasteiger partial charge in [0.2, 0.25) is 0 Å². The van der Waals surface area contributed by atoms with E-state index in [1.54, 1.807) is 43.0 Å². The van der Waals surface area contributed by atoms with E-state index in [4.69, 9.17) is 21.1 Å². The van der Waals surface area contributed by atoms with Gasteiger partial charge in [-0.3, -0.25) is 4.79 Å². The Morgan fingerprint density at radius 3 is 2.69 bits per heavy atom. The van der Waals surface area contributed by atoms with E-state index in [1.807, 2.05) is 17.5 Å². The zero-order chi connectivity index (χ0) is 18.4. The van der Waals surface area contributed by atoms with Crippen LogP contribution in [-0.4, -0.2) is 18.0 Å². The summed E-state index contributed by atoms with van der Waals surface area (Å²) in [6.07, 6.45) is 0. The van der Waals surface area contributed by atoms with Gasteiger partial charge in [-0.15, -0.1) is 11.3 Å². The number of hydrogen-bond acceptors (Lipinski definition) is 5. The normalized spacial score (nSPS) is 10.4. The number of carbonyl (C=O) groups excluding carboxylic acids is 1. The molecule has 0 saturated carbocycles. The maximum absolute atomic E-state index is 12.4. The second-order valence-corrected chi connectivity index (χ2v) is 6.60. The lowest BCUT2D eigenvalue weighted by molar-refractivity contribution is 0.0950. The maximum Gasteiger partial charge on any atom is 0.251 e. The lowest BCUT2D eigenvalue weighted by Crippen LogP contribution is -2.22. The molecule has 5 nitrogen and oxygen atoms in total. The molecule has 0 unspecified atom stereocenters. The number of methoxy groups -OCH3 is 1. The minimum Gasteiger partial charge on any atom is -0.493 e. The second-order valence-electron chi connectivity index (χ2n) is 5.44. The molecule has 2 aromatic carbocycles. The van der Waals surface area contributed by atoms with Crippen LogP contribution in [0.1, 0.15) is 21.6 Å². The Balaban J connectivity index is 1.63. The van der Waals surface area contributed by atoms with Gasteiger partial charge in [0.1, 0.15) is 6.61 Å². The maximum atomic E-state index is 12.4. The third kappa shape index (κ3) is 4.74. The Morgan fingerprint density at radius 2 is 2.00 bits per heavy atom. The minimum absolute atomic E-state index is 0.190. The van der Waals surface area contributed by atoms with E-state index in [9.17, 15) is 4.79 Å². The van der Waals surface area contributed by atoms with Crippen molar-refractivity contribution in [1.29, 1.82) is 0 Å².